The fourth-order valence-electron chi connectivity index (χ4n) is 1.15. The number of ether oxygens (including phenoxy) is 1. The summed E-state index contributed by atoms with van der Waals surface area (Å²) in [6.07, 6.45) is 0. The Morgan fingerprint density at radius 3 is 2.50 bits per heavy atom. The summed E-state index contributed by atoms with van der Waals surface area (Å²) in [4.78, 5) is 12.9. The number of carboxylic acid groups (broad SMARTS) is 1. The summed E-state index contributed by atoms with van der Waals surface area (Å²) in [5, 5.41) is 9.04. The van der Waals surface area contributed by atoms with Crippen molar-refractivity contribution in [2.45, 2.75) is 19.4 Å². The molecular weight excluding hydrogens is 254 g/mol. The maximum absolute atomic E-state index is 10.8. The average Bonchev–Trinajstić information content (AvgIpc) is 2.25. The molecule has 0 radical (unpaired) electrons. The Hall–Kier alpha value is -1.26. The van der Waals surface area contributed by atoms with Crippen LogP contribution in [0.2, 0.25) is 5.02 Å². The molecule has 0 bridgehead atoms. The minimum absolute atomic E-state index is 0.0795. The van der Waals surface area contributed by atoms with Gasteiger partial charge in [-0.15, -0.1) is 0 Å². The van der Waals surface area contributed by atoms with Crippen molar-refractivity contribution in [2.24, 2.45) is 0 Å². The third kappa shape index (κ3) is 3.62. The Labute approximate surface area is 112 Å². The molecule has 0 fully saturated rings. The molecule has 1 rings (SSSR count). The lowest BCUT2D eigenvalue weighted by atomic mass is 10.1. The van der Waals surface area contributed by atoms with Gasteiger partial charge in [-0.05, 0) is 46.1 Å². The average molecular weight is 272 g/mol. The summed E-state index contributed by atoms with van der Waals surface area (Å²) in [6.45, 7) is 4.60. The molecule has 0 unspecified atom stereocenters. The van der Waals surface area contributed by atoms with Crippen LogP contribution < -0.4 is 4.74 Å². The third-order valence-corrected chi connectivity index (χ3v) is 3.29. The minimum atomic E-state index is -1.04. The van der Waals surface area contributed by atoms with Crippen molar-refractivity contribution in [3.63, 3.8) is 0 Å². The van der Waals surface area contributed by atoms with Crippen molar-refractivity contribution in [1.29, 1.82) is 0 Å². The summed E-state index contributed by atoms with van der Waals surface area (Å²) >= 11 is 5.87. The number of rotatable bonds is 5. The molecule has 100 valence electrons. The van der Waals surface area contributed by atoms with Gasteiger partial charge in [0.05, 0.1) is 10.6 Å². The molecule has 1 aromatic rings. The maximum Gasteiger partial charge on any atom is 0.337 e. The Balaban J connectivity index is 2.76. The van der Waals surface area contributed by atoms with E-state index in [4.69, 9.17) is 21.4 Å². The Kier molecular flexibility index (Phi) is 4.59. The number of carbonyl (C=O) groups is 1. The van der Waals surface area contributed by atoms with Gasteiger partial charge in [-0.25, -0.2) is 4.79 Å². The van der Waals surface area contributed by atoms with E-state index in [2.05, 4.69) is 18.7 Å². The number of hydrogen-bond donors (Lipinski definition) is 1. The molecule has 0 saturated heterocycles. The molecule has 0 atom stereocenters. The van der Waals surface area contributed by atoms with E-state index < -0.39 is 5.97 Å². The third-order valence-electron chi connectivity index (χ3n) is 2.97. The number of nitrogens with zero attached hydrogens (tertiary/aromatic N) is 1. The predicted molar refractivity (Wildman–Crippen MR) is 71.7 cm³/mol. The molecule has 0 saturated carbocycles. The van der Waals surface area contributed by atoms with Gasteiger partial charge in [0, 0.05) is 5.54 Å². The molecule has 0 aliphatic heterocycles. The van der Waals surface area contributed by atoms with E-state index in [1.165, 1.54) is 12.1 Å². The second kappa shape index (κ2) is 5.59. The molecule has 18 heavy (non-hydrogen) atoms. The highest BCUT2D eigenvalue weighted by Crippen LogP contribution is 2.23. The quantitative estimate of drug-likeness (QED) is 0.895. The molecule has 0 aliphatic rings. The molecule has 0 aliphatic carbocycles. The fraction of sp³-hybridized carbons (Fsp3) is 0.462. The molecule has 0 aromatic heterocycles. The molecule has 0 amide bonds. The SMILES string of the molecule is CN(C)C(C)(C)COc1ccc(C(=O)O)c(Cl)c1. The van der Waals surface area contributed by atoms with Gasteiger partial charge in [-0.1, -0.05) is 11.6 Å². The molecule has 0 heterocycles. The summed E-state index contributed by atoms with van der Waals surface area (Å²) in [5.74, 6) is -0.472. The summed E-state index contributed by atoms with van der Waals surface area (Å²) < 4.78 is 5.63. The van der Waals surface area contributed by atoms with Crippen LogP contribution in [0.1, 0.15) is 24.2 Å². The van der Waals surface area contributed by atoms with E-state index in [0.717, 1.165) is 0 Å². The monoisotopic (exact) mass is 271 g/mol. The molecule has 4 nitrogen and oxygen atoms in total. The van der Waals surface area contributed by atoms with Crippen LogP contribution in [0.4, 0.5) is 0 Å². The number of hydrogen-bond acceptors (Lipinski definition) is 3. The normalized spacial score (nSPS) is 11.7. The topological polar surface area (TPSA) is 49.8 Å². The van der Waals surface area contributed by atoms with Crippen LogP contribution >= 0.6 is 11.6 Å². The van der Waals surface area contributed by atoms with Crippen LogP contribution in [-0.2, 0) is 0 Å². The van der Waals surface area contributed by atoms with E-state index in [-0.39, 0.29) is 16.1 Å². The van der Waals surface area contributed by atoms with E-state index in [1.807, 2.05) is 14.1 Å². The highest BCUT2D eigenvalue weighted by atomic mass is 35.5. The lowest BCUT2D eigenvalue weighted by Gasteiger charge is -2.32. The van der Waals surface area contributed by atoms with Gasteiger partial charge in [-0.3, -0.25) is 0 Å². The van der Waals surface area contributed by atoms with Gasteiger partial charge < -0.3 is 14.7 Å². The van der Waals surface area contributed by atoms with Crippen molar-refractivity contribution in [3.05, 3.63) is 28.8 Å². The van der Waals surface area contributed by atoms with Gasteiger partial charge >= 0.3 is 5.97 Å². The second-order valence-electron chi connectivity index (χ2n) is 4.94. The van der Waals surface area contributed by atoms with Gasteiger partial charge in [-0.2, -0.15) is 0 Å². The highest BCUT2D eigenvalue weighted by molar-refractivity contribution is 6.33. The first-order valence-corrected chi connectivity index (χ1v) is 5.95. The van der Waals surface area contributed by atoms with E-state index in [9.17, 15) is 4.79 Å². The number of benzene rings is 1. The van der Waals surface area contributed by atoms with Crippen LogP contribution in [-0.4, -0.2) is 42.2 Å². The number of likely N-dealkylation sites (N-methyl/N-ethyl adjacent to an activating group) is 1. The molecule has 0 spiro atoms. The van der Waals surface area contributed by atoms with Gasteiger partial charge in [0.2, 0.25) is 0 Å². The number of aromatic carboxylic acids is 1. The first kappa shape index (κ1) is 14.8. The van der Waals surface area contributed by atoms with Gasteiger partial charge in [0.1, 0.15) is 12.4 Å². The van der Waals surface area contributed by atoms with E-state index >= 15 is 0 Å². The van der Waals surface area contributed by atoms with Crippen molar-refractivity contribution >= 4 is 17.6 Å². The smallest absolute Gasteiger partial charge is 0.337 e. The van der Waals surface area contributed by atoms with Crippen molar-refractivity contribution < 1.29 is 14.6 Å². The second-order valence-corrected chi connectivity index (χ2v) is 5.35. The lowest BCUT2D eigenvalue weighted by Crippen LogP contribution is -2.43. The largest absolute Gasteiger partial charge is 0.492 e. The Bertz CT molecular complexity index is 444. The zero-order chi connectivity index (χ0) is 13.9. The van der Waals surface area contributed by atoms with E-state index in [1.54, 1.807) is 6.07 Å². The standard InChI is InChI=1S/C13H18ClNO3/c1-13(2,15(3)4)8-18-9-5-6-10(12(16)17)11(14)7-9/h5-7H,8H2,1-4H3,(H,16,17). The van der Waals surface area contributed by atoms with Crippen LogP contribution in [0.3, 0.4) is 0 Å². The van der Waals surface area contributed by atoms with E-state index in [0.29, 0.717) is 12.4 Å². The zero-order valence-electron chi connectivity index (χ0n) is 11.0. The first-order chi connectivity index (χ1) is 8.24. The van der Waals surface area contributed by atoms with Gasteiger partial charge in [0.25, 0.3) is 0 Å². The van der Waals surface area contributed by atoms with Gasteiger partial charge in [0.15, 0.2) is 0 Å². The zero-order valence-corrected chi connectivity index (χ0v) is 11.8. The minimum Gasteiger partial charge on any atom is -0.492 e. The fourth-order valence-corrected chi connectivity index (χ4v) is 1.40. The first-order valence-electron chi connectivity index (χ1n) is 5.57. The Morgan fingerprint density at radius 1 is 1.44 bits per heavy atom. The molecular formula is C13H18ClNO3. The molecule has 1 N–H and O–H groups in total. The molecule has 5 heteroatoms. The maximum atomic E-state index is 10.8. The Morgan fingerprint density at radius 2 is 2.06 bits per heavy atom. The highest BCUT2D eigenvalue weighted by Gasteiger charge is 2.21. The number of halogens is 1. The van der Waals surface area contributed by atoms with Crippen LogP contribution in [0, 0.1) is 0 Å². The summed E-state index contributed by atoms with van der Waals surface area (Å²) in [7, 11) is 3.95. The predicted octanol–water partition coefficient (Wildman–Crippen LogP) is 2.76. The van der Waals surface area contributed by atoms with Crippen molar-refractivity contribution in [3.8, 4) is 5.75 Å². The number of carboxylic acids is 1. The van der Waals surface area contributed by atoms with Crippen LogP contribution in [0.15, 0.2) is 18.2 Å². The molecule has 1 aromatic carbocycles. The lowest BCUT2D eigenvalue weighted by molar-refractivity contribution is 0.0697. The summed E-state index contributed by atoms with van der Waals surface area (Å²) in [6, 6.07) is 4.58. The van der Waals surface area contributed by atoms with Crippen molar-refractivity contribution in [2.75, 3.05) is 20.7 Å². The van der Waals surface area contributed by atoms with Crippen molar-refractivity contribution in [1.82, 2.24) is 4.90 Å². The van der Waals surface area contributed by atoms with Crippen LogP contribution in [0.5, 0.6) is 5.75 Å². The summed E-state index contributed by atoms with van der Waals surface area (Å²) in [5.41, 5.74) is -0.0336. The van der Waals surface area contributed by atoms with Crippen LogP contribution in [0.25, 0.3) is 0 Å².